The van der Waals surface area contributed by atoms with Crippen molar-refractivity contribution in [1.82, 2.24) is 4.98 Å². The van der Waals surface area contributed by atoms with Crippen LogP contribution >= 0.6 is 0 Å². The van der Waals surface area contributed by atoms with Crippen molar-refractivity contribution in [2.45, 2.75) is 39.5 Å². The monoisotopic (exact) mass is 215 g/mol. The smallest absolute Gasteiger partial charge is 0.0343 e. The Bertz CT molecular complexity index is 351. The van der Waals surface area contributed by atoms with Crippen LogP contribution in [0.1, 0.15) is 45.1 Å². The van der Waals surface area contributed by atoms with Crippen molar-refractivity contribution < 1.29 is 0 Å². The summed E-state index contributed by atoms with van der Waals surface area (Å²) in [5, 5.41) is 0. The first kappa shape index (κ1) is 11.4. The summed E-state index contributed by atoms with van der Waals surface area (Å²) in [4.78, 5) is 4.24. The predicted molar refractivity (Wildman–Crippen MR) is 69.0 cm³/mol. The third-order valence-electron chi connectivity index (χ3n) is 3.53. The second-order valence-corrected chi connectivity index (χ2v) is 5.04. The summed E-state index contributed by atoms with van der Waals surface area (Å²) in [5.41, 5.74) is 2.85. The number of nitrogens with zero attached hydrogens (tertiary/aromatic N) is 1. The Balaban J connectivity index is 2.31. The van der Waals surface area contributed by atoms with Gasteiger partial charge in [-0.25, -0.2) is 0 Å². The standard InChI is InChI=1S/C15H21N/c1-12(2)14-8-4-3-5-9-15(14)13-7-6-10-16-11-13/h6-7,9-12,14H,3-5,8H2,1-2H3. The van der Waals surface area contributed by atoms with Crippen molar-refractivity contribution in [3.05, 3.63) is 36.2 Å². The molecule has 86 valence electrons. The van der Waals surface area contributed by atoms with Gasteiger partial charge in [0.05, 0.1) is 0 Å². The average molecular weight is 215 g/mol. The average Bonchev–Trinajstić information content (AvgIpc) is 2.55. The van der Waals surface area contributed by atoms with Crippen LogP contribution < -0.4 is 0 Å². The quantitative estimate of drug-likeness (QED) is 0.716. The zero-order chi connectivity index (χ0) is 11.4. The molecular formula is C15H21N. The lowest BCUT2D eigenvalue weighted by Gasteiger charge is -2.23. The molecule has 0 saturated heterocycles. The predicted octanol–water partition coefficient (Wildman–Crippen LogP) is 4.31. The Morgan fingerprint density at radius 1 is 1.31 bits per heavy atom. The van der Waals surface area contributed by atoms with Crippen LogP contribution in [0.3, 0.4) is 0 Å². The summed E-state index contributed by atoms with van der Waals surface area (Å²) in [6, 6.07) is 4.23. The number of hydrogen-bond donors (Lipinski definition) is 0. The molecule has 0 N–H and O–H groups in total. The molecule has 1 aliphatic carbocycles. The first-order valence-electron chi connectivity index (χ1n) is 6.39. The van der Waals surface area contributed by atoms with E-state index < -0.39 is 0 Å². The molecule has 1 heteroatoms. The number of allylic oxidation sites excluding steroid dienone is 2. The molecule has 0 fully saturated rings. The van der Waals surface area contributed by atoms with Crippen LogP contribution in [-0.4, -0.2) is 4.98 Å². The highest BCUT2D eigenvalue weighted by molar-refractivity contribution is 5.67. The van der Waals surface area contributed by atoms with Gasteiger partial charge in [0.25, 0.3) is 0 Å². The Morgan fingerprint density at radius 2 is 2.19 bits per heavy atom. The minimum absolute atomic E-state index is 0.715. The Morgan fingerprint density at radius 3 is 2.88 bits per heavy atom. The third kappa shape index (κ3) is 2.52. The van der Waals surface area contributed by atoms with Crippen molar-refractivity contribution >= 4 is 5.57 Å². The number of pyridine rings is 1. The van der Waals surface area contributed by atoms with Crippen molar-refractivity contribution in [3.63, 3.8) is 0 Å². The van der Waals surface area contributed by atoms with E-state index in [4.69, 9.17) is 0 Å². The lowest BCUT2D eigenvalue weighted by molar-refractivity contribution is 0.439. The Kier molecular flexibility index (Phi) is 3.76. The zero-order valence-corrected chi connectivity index (χ0v) is 10.3. The molecule has 1 aromatic rings. The zero-order valence-electron chi connectivity index (χ0n) is 10.3. The maximum Gasteiger partial charge on any atom is 0.0343 e. The molecule has 1 aliphatic rings. The van der Waals surface area contributed by atoms with Crippen molar-refractivity contribution in [2.24, 2.45) is 11.8 Å². The molecule has 16 heavy (non-hydrogen) atoms. The van der Waals surface area contributed by atoms with Gasteiger partial charge in [0.15, 0.2) is 0 Å². The first-order valence-corrected chi connectivity index (χ1v) is 6.39. The van der Waals surface area contributed by atoms with E-state index in [2.05, 4.69) is 31.0 Å². The van der Waals surface area contributed by atoms with E-state index in [1.807, 2.05) is 18.5 Å². The SMILES string of the molecule is CC(C)C1CCCCC=C1c1cccnc1. The highest BCUT2D eigenvalue weighted by Crippen LogP contribution is 2.35. The number of hydrogen-bond acceptors (Lipinski definition) is 1. The first-order chi connectivity index (χ1) is 7.79. The van der Waals surface area contributed by atoms with E-state index in [0.717, 1.165) is 5.92 Å². The van der Waals surface area contributed by atoms with Gasteiger partial charge in [0, 0.05) is 12.4 Å². The fraction of sp³-hybridized carbons (Fsp3) is 0.533. The number of rotatable bonds is 2. The summed E-state index contributed by atoms with van der Waals surface area (Å²) >= 11 is 0. The third-order valence-corrected chi connectivity index (χ3v) is 3.53. The molecule has 0 spiro atoms. The second kappa shape index (κ2) is 5.29. The van der Waals surface area contributed by atoms with Gasteiger partial charge in [-0.2, -0.15) is 0 Å². The lowest BCUT2D eigenvalue weighted by atomic mass is 9.82. The van der Waals surface area contributed by atoms with Gasteiger partial charge in [0.2, 0.25) is 0 Å². The van der Waals surface area contributed by atoms with Gasteiger partial charge in [0.1, 0.15) is 0 Å². The highest BCUT2D eigenvalue weighted by atomic mass is 14.6. The highest BCUT2D eigenvalue weighted by Gasteiger charge is 2.20. The van der Waals surface area contributed by atoms with Gasteiger partial charge in [-0.1, -0.05) is 32.4 Å². The Hall–Kier alpha value is -1.11. The Labute approximate surface area is 98.6 Å². The van der Waals surface area contributed by atoms with E-state index in [9.17, 15) is 0 Å². The molecule has 1 aromatic heterocycles. The maximum absolute atomic E-state index is 4.24. The van der Waals surface area contributed by atoms with E-state index in [1.54, 1.807) is 0 Å². The largest absolute Gasteiger partial charge is 0.264 e. The van der Waals surface area contributed by atoms with Gasteiger partial charge >= 0.3 is 0 Å². The van der Waals surface area contributed by atoms with Crippen LogP contribution in [0.25, 0.3) is 5.57 Å². The minimum atomic E-state index is 0.715. The molecule has 0 bridgehead atoms. The molecule has 0 amide bonds. The molecule has 1 atom stereocenters. The summed E-state index contributed by atoms with van der Waals surface area (Å²) in [7, 11) is 0. The van der Waals surface area contributed by atoms with Crippen molar-refractivity contribution in [1.29, 1.82) is 0 Å². The topological polar surface area (TPSA) is 12.9 Å². The van der Waals surface area contributed by atoms with E-state index in [0.29, 0.717) is 5.92 Å². The molecular weight excluding hydrogens is 194 g/mol. The minimum Gasteiger partial charge on any atom is -0.264 e. The van der Waals surface area contributed by atoms with Crippen molar-refractivity contribution in [3.8, 4) is 0 Å². The summed E-state index contributed by atoms with van der Waals surface area (Å²) < 4.78 is 0. The molecule has 2 rings (SSSR count). The fourth-order valence-electron chi connectivity index (χ4n) is 2.63. The lowest BCUT2D eigenvalue weighted by Crippen LogP contribution is -2.10. The van der Waals surface area contributed by atoms with Gasteiger partial charge in [-0.15, -0.1) is 0 Å². The van der Waals surface area contributed by atoms with Crippen LogP contribution in [0.4, 0.5) is 0 Å². The molecule has 0 aromatic carbocycles. The normalized spacial score (nSPS) is 21.7. The van der Waals surface area contributed by atoms with E-state index in [1.165, 1.54) is 36.8 Å². The van der Waals surface area contributed by atoms with Gasteiger partial charge < -0.3 is 0 Å². The van der Waals surface area contributed by atoms with Crippen LogP contribution in [0.2, 0.25) is 0 Å². The van der Waals surface area contributed by atoms with E-state index in [-0.39, 0.29) is 0 Å². The molecule has 1 nitrogen and oxygen atoms in total. The maximum atomic E-state index is 4.24. The van der Waals surface area contributed by atoms with E-state index >= 15 is 0 Å². The second-order valence-electron chi connectivity index (χ2n) is 5.04. The molecule has 0 aliphatic heterocycles. The summed E-state index contributed by atoms with van der Waals surface area (Å²) in [6.45, 7) is 4.67. The van der Waals surface area contributed by atoms with Crippen molar-refractivity contribution in [2.75, 3.05) is 0 Å². The number of aromatic nitrogens is 1. The molecule has 1 unspecified atom stereocenters. The van der Waals surface area contributed by atoms with Crippen LogP contribution in [0.5, 0.6) is 0 Å². The summed E-state index contributed by atoms with van der Waals surface area (Å²) in [6.07, 6.45) is 11.6. The molecule has 0 saturated carbocycles. The molecule has 1 heterocycles. The molecule has 0 radical (unpaired) electrons. The van der Waals surface area contributed by atoms with Gasteiger partial charge in [-0.3, -0.25) is 4.98 Å². The fourth-order valence-corrected chi connectivity index (χ4v) is 2.63. The van der Waals surface area contributed by atoms with Crippen LogP contribution in [-0.2, 0) is 0 Å². The van der Waals surface area contributed by atoms with Crippen LogP contribution in [0.15, 0.2) is 30.6 Å². The summed E-state index contributed by atoms with van der Waals surface area (Å²) in [5.74, 6) is 1.44. The van der Waals surface area contributed by atoms with Crippen LogP contribution in [0, 0.1) is 11.8 Å². The van der Waals surface area contributed by atoms with Gasteiger partial charge in [-0.05, 0) is 48.3 Å².